The van der Waals surface area contributed by atoms with Gasteiger partial charge in [-0.3, -0.25) is 0 Å². The first-order valence-corrected chi connectivity index (χ1v) is 11.0. The van der Waals surface area contributed by atoms with E-state index in [0.29, 0.717) is 6.61 Å². The summed E-state index contributed by atoms with van der Waals surface area (Å²) in [6.45, 7) is 7.28. The number of anilines is 1. The molecule has 1 N–H and O–H groups in total. The third-order valence-corrected chi connectivity index (χ3v) is 7.05. The Morgan fingerprint density at radius 1 is 1.04 bits per heavy atom. The molecule has 3 aromatic rings. The van der Waals surface area contributed by atoms with E-state index in [1.807, 2.05) is 34.6 Å². The van der Waals surface area contributed by atoms with Crippen molar-refractivity contribution in [1.29, 1.82) is 0 Å². The van der Waals surface area contributed by atoms with Crippen molar-refractivity contribution in [3.63, 3.8) is 0 Å². The first kappa shape index (κ1) is 17.3. The molecule has 0 unspecified atom stereocenters. The molecule has 0 amide bonds. The monoisotopic (exact) mass is 382 g/mol. The Morgan fingerprint density at radius 3 is 2.65 bits per heavy atom. The number of hydrogen-bond donors (Lipinski definition) is 1. The van der Waals surface area contributed by atoms with E-state index < -0.39 is 0 Å². The van der Waals surface area contributed by atoms with Crippen LogP contribution >= 0.6 is 20.7 Å². The molecule has 0 radical (unpaired) electrons. The van der Waals surface area contributed by atoms with E-state index in [1.165, 1.54) is 21.7 Å². The van der Waals surface area contributed by atoms with Crippen molar-refractivity contribution in [3.05, 3.63) is 58.1 Å². The van der Waals surface area contributed by atoms with Crippen LogP contribution in [0.25, 0.3) is 11.1 Å². The van der Waals surface area contributed by atoms with Gasteiger partial charge in [0.05, 0.1) is 17.0 Å². The van der Waals surface area contributed by atoms with Gasteiger partial charge >= 0.3 is 0 Å². The summed E-state index contributed by atoms with van der Waals surface area (Å²) in [5.41, 5.74) is 4.44. The number of nitrogens with zero attached hydrogens (tertiary/aromatic N) is 1. The van der Waals surface area contributed by atoms with Gasteiger partial charge in [0, 0.05) is 16.8 Å². The quantitative estimate of drug-likeness (QED) is 0.548. The molecule has 5 heteroatoms. The van der Waals surface area contributed by atoms with Crippen LogP contribution in [0.4, 0.5) is 11.4 Å². The van der Waals surface area contributed by atoms with Gasteiger partial charge in [0.15, 0.2) is 0 Å². The molecule has 134 valence electrons. The van der Waals surface area contributed by atoms with Crippen molar-refractivity contribution >= 4 is 32.1 Å². The maximum Gasteiger partial charge on any atom is 0.144 e. The van der Waals surface area contributed by atoms with Crippen molar-refractivity contribution in [3.8, 4) is 16.9 Å². The van der Waals surface area contributed by atoms with Crippen LogP contribution in [0.3, 0.4) is 0 Å². The normalized spacial score (nSPS) is 15.1. The summed E-state index contributed by atoms with van der Waals surface area (Å²) in [7, 11) is 3.55. The zero-order chi connectivity index (χ0) is 18.1. The highest BCUT2D eigenvalue weighted by atomic mass is 32.9. The van der Waals surface area contributed by atoms with Gasteiger partial charge in [-0.25, -0.2) is 4.99 Å². The largest absolute Gasteiger partial charge is 0.491 e. The van der Waals surface area contributed by atoms with Crippen LogP contribution < -0.4 is 14.7 Å². The van der Waals surface area contributed by atoms with E-state index in [9.17, 15) is 0 Å². The molecule has 0 spiro atoms. The third kappa shape index (κ3) is 3.06. The minimum absolute atomic E-state index is 0.100. The second-order valence-electron chi connectivity index (χ2n) is 6.90. The molecular weight excluding hydrogens is 360 g/mol. The predicted octanol–water partition coefficient (Wildman–Crippen LogP) is 6.16. The highest BCUT2D eigenvalue weighted by Gasteiger charge is 2.33. The minimum Gasteiger partial charge on any atom is -0.491 e. The fourth-order valence-corrected chi connectivity index (χ4v) is 6.12. The maximum atomic E-state index is 5.89. The fourth-order valence-electron chi connectivity index (χ4n) is 3.19. The van der Waals surface area contributed by atoms with Crippen LogP contribution in [0.15, 0.2) is 53.5 Å². The van der Waals surface area contributed by atoms with Crippen LogP contribution in [-0.4, -0.2) is 6.61 Å². The van der Waals surface area contributed by atoms with Gasteiger partial charge in [0.25, 0.3) is 0 Å². The van der Waals surface area contributed by atoms with Crippen LogP contribution in [0.2, 0.25) is 0 Å². The average Bonchev–Trinajstić information content (AvgIpc) is 3.06. The van der Waals surface area contributed by atoms with Crippen LogP contribution in [0.5, 0.6) is 5.75 Å². The molecule has 0 aliphatic carbocycles. The van der Waals surface area contributed by atoms with Gasteiger partial charge in [0.2, 0.25) is 0 Å². The number of ether oxygens (including phenoxy) is 1. The third-order valence-electron chi connectivity index (χ3n) is 4.41. The summed E-state index contributed by atoms with van der Waals surface area (Å²) in [5.74, 6) is 0.850. The van der Waals surface area contributed by atoms with Crippen LogP contribution in [0, 0.1) is 0 Å². The minimum atomic E-state index is -0.100. The molecule has 4 rings (SSSR count). The molecule has 0 fully saturated rings. The highest BCUT2D eigenvalue weighted by Crippen LogP contribution is 2.45. The molecule has 3 nitrogen and oxygen atoms in total. The molecule has 0 bridgehead atoms. The van der Waals surface area contributed by atoms with Crippen LogP contribution in [-0.2, 0) is 5.54 Å². The summed E-state index contributed by atoms with van der Waals surface area (Å²) in [4.78, 5) is 6.35. The van der Waals surface area contributed by atoms with E-state index in [-0.39, 0.29) is 5.54 Å². The number of benzene rings is 2. The van der Waals surface area contributed by atoms with Crippen molar-refractivity contribution < 1.29 is 4.74 Å². The molecule has 1 aromatic heterocycles. The van der Waals surface area contributed by atoms with Gasteiger partial charge in [-0.15, -0.1) is 0 Å². The fraction of sp³-hybridized carbons (Fsp3) is 0.286. The summed E-state index contributed by atoms with van der Waals surface area (Å²) < 4.78 is 6.95. The Labute approximate surface area is 161 Å². The predicted molar refractivity (Wildman–Crippen MR) is 112 cm³/mol. The summed E-state index contributed by atoms with van der Waals surface area (Å²) in [5, 5.41) is 3.66. The number of nitrogens with one attached hydrogen (secondary N) is 1. The Kier molecular flexibility index (Phi) is 4.59. The second kappa shape index (κ2) is 6.89. The summed E-state index contributed by atoms with van der Waals surface area (Å²) in [6.07, 6.45) is 0.984. The van der Waals surface area contributed by atoms with Gasteiger partial charge in [-0.2, -0.15) is 0 Å². The average molecular weight is 383 g/mol. The lowest BCUT2D eigenvalue weighted by Crippen LogP contribution is -2.31. The molecule has 1 aliphatic heterocycles. The zero-order valence-electron chi connectivity index (χ0n) is 15.2. The number of para-hydroxylation sites is 3. The van der Waals surface area contributed by atoms with Crippen molar-refractivity contribution in [2.24, 2.45) is 4.99 Å². The molecular formula is C21H22N2OS2. The van der Waals surface area contributed by atoms with Gasteiger partial charge in [-0.05, 0) is 38.5 Å². The van der Waals surface area contributed by atoms with Gasteiger partial charge in [0.1, 0.15) is 16.1 Å². The molecule has 0 saturated carbocycles. The Balaban J connectivity index is 1.90. The van der Waals surface area contributed by atoms with E-state index >= 15 is 0 Å². The van der Waals surface area contributed by atoms with E-state index in [2.05, 4.69) is 50.4 Å². The first-order valence-electron chi connectivity index (χ1n) is 8.88. The molecule has 1 aliphatic rings. The molecule has 2 heterocycles. The standard InChI is InChI=1S/C21H22N2OS2/c1-4-13-24-17-12-8-7-11-16(17)22-20-18-14-9-5-6-10-15(14)23-21(2,3)19(18)25-26-20/h5-12,23H,4,13H2,1-3H3. The highest BCUT2D eigenvalue weighted by molar-refractivity contribution is 7.68. The van der Waals surface area contributed by atoms with Crippen molar-refractivity contribution in [2.75, 3.05) is 11.9 Å². The topological polar surface area (TPSA) is 33.6 Å². The second-order valence-corrected chi connectivity index (χ2v) is 9.03. The maximum absolute atomic E-state index is 5.89. The van der Waals surface area contributed by atoms with Gasteiger partial charge in [-0.1, -0.05) is 57.9 Å². The lowest BCUT2D eigenvalue weighted by molar-refractivity contribution is 0.318. The summed E-state index contributed by atoms with van der Waals surface area (Å²) in [6, 6.07) is 16.5. The Morgan fingerprint density at radius 2 is 1.81 bits per heavy atom. The summed E-state index contributed by atoms with van der Waals surface area (Å²) >= 11 is 0. The van der Waals surface area contributed by atoms with Crippen LogP contribution in [0.1, 0.15) is 32.1 Å². The smallest absolute Gasteiger partial charge is 0.144 e. The Bertz CT molecular complexity index is 1000. The SMILES string of the molecule is CCCOc1ccccc1N=c1ssc2c1-c1ccccc1NC2(C)C. The van der Waals surface area contributed by atoms with E-state index in [4.69, 9.17) is 9.73 Å². The lowest BCUT2D eigenvalue weighted by atomic mass is 9.90. The molecule has 2 aromatic carbocycles. The molecule has 26 heavy (non-hydrogen) atoms. The van der Waals surface area contributed by atoms with Crippen molar-refractivity contribution in [1.82, 2.24) is 0 Å². The molecule has 0 saturated heterocycles. The number of rotatable bonds is 4. The lowest BCUT2D eigenvalue weighted by Gasteiger charge is -2.33. The van der Waals surface area contributed by atoms with E-state index in [1.54, 1.807) is 10.3 Å². The zero-order valence-corrected chi connectivity index (χ0v) is 16.8. The number of hydrogen-bond acceptors (Lipinski definition) is 5. The van der Waals surface area contributed by atoms with Crippen molar-refractivity contribution in [2.45, 2.75) is 32.7 Å². The molecule has 0 atom stereocenters. The van der Waals surface area contributed by atoms with Gasteiger partial charge < -0.3 is 10.1 Å². The first-order chi connectivity index (χ1) is 12.6. The Hall–Kier alpha value is -2.11. The number of fused-ring (bicyclic) bond motifs is 3. The van der Waals surface area contributed by atoms with E-state index in [0.717, 1.165) is 22.5 Å².